The summed E-state index contributed by atoms with van der Waals surface area (Å²) in [6.07, 6.45) is 9.36. The summed E-state index contributed by atoms with van der Waals surface area (Å²) in [5.74, 6) is 0. The Labute approximate surface area is 95.4 Å². The first kappa shape index (κ1) is 14.2. The van der Waals surface area contributed by atoms with Crippen LogP contribution in [-0.4, -0.2) is 24.1 Å². The zero-order valence-electron chi connectivity index (χ0n) is 10.8. The average Bonchev–Trinajstić information content (AvgIpc) is 2.29. The van der Waals surface area contributed by atoms with Crippen LogP contribution in [0.15, 0.2) is 36.6 Å². The highest BCUT2D eigenvalue weighted by molar-refractivity contribution is 5.05. The maximum absolute atomic E-state index is 3.69. The standard InChI is InChI=1S/C14H26N/c1-6-11-12-13-14(7-2)15(8-3,9-4)10-5/h6-7,11-12H,1,8-10,13H2,2-5H3/q+1/b12-11-,14-7+. The molecule has 0 aliphatic carbocycles. The lowest BCUT2D eigenvalue weighted by Gasteiger charge is -2.37. The Bertz CT molecular complexity index is 223. The van der Waals surface area contributed by atoms with E-state index in [1.54, 1.807) is 0 Å². The SMILES string of the molecule is C=C/C=C\C/C(=C\C)[N+](CC)(CC)CC. The summed E-state index contributed by atoms with van der Waals surface area (Å²) >= 11 is 0. The molecule has 15 heavy (non-hydrogen) atoms. The van der Waals surface area contributed by atoms with E-state index in [2.05, 4.69) is 46.4 Å². The molecule has 0 unspecified atom stereocenters. The second-order valence-electron chi connectivity index (χ2n) is 3.74. The molecule has 0 saturated carbocycles. The van der Waals surface area contributed by atoms with E-state index in [1.165, 1.54) is 25.3 Å². The van der Waals surface area contributed by atoms with Gasteiger partial charge >= 0.3 is 0 Å². The van der Waals surface area contributed by atoms with Crippen molar-refractivity contribution in [2.75, 3.05) is 19.6 Å². The minimum absolute atomic E-state index is 1.04. The smallest absolute Gasteiger partial charge is 0.108 e. The van der Waals surface area contributed by atoms with Crippen LogP contribution in [-0.2, 0) is 0 Å². The van der Waals surface area contributed by atoms with Gasteiger partial charge in [0, 0.05) is 6.42 Å². The van der Waals surface area contributed by atoms with Crippen LogP contribution in [0.25, 0.3) is 0 Å². The molecule has 0 heterocycles. The van der Waals surface area contributed by atoms with Crippen molar-refractivity contribution in [2.24, 2.45) is 0 Å². The molecular formula is C14H26N+. The lowest BCUT2D eigenvalue weighted by molar-refractivity contribution is -0.888. The molecule has 1 nitrogen and oxygen atoms in total. The van der Waals surface area contributed by atoms with Crippen LogP contribution in [0.3, 0.4) is 0 Å². The average molecular weight is 208 g/mol. The molecule has 0 aliphatic rings. The van der Waals surface area contributed by atoms with Crippen molar-refractivity contribution < 1.29 is 4.48 Å². The third kappa shape index (κ3) is 3.67. The van der Waals surface area contributed by atoms with Gasteiger partial charge in [-0.1, -0.05) is 24.8 Å². The summed E-state index contributed by atoms with van der Waals surface area (Å²) in [6, 6.07) is 0. The van der Waals surface area contributed by atoms with Gasteiger partial charge in [-0.3, -0.25) is 4.48 Å². The molecule has 0 bridgehead atoms. The largest absolute Gasteiger partial charge is 0.295 e. The molecule has 0 aromatic heterocycles. The fraction of sp³-hybridized carbons (Fsp3) is 0.571. The summed E-state index contributed by atoms with van der Waals surface area (Å²) in [6.45, 7) is 16.2. The number of quaternary nitrogens is 1. The Balaban J connectivity index is 4.76. The third-order valence-electron chi connectivity index (χ3n) is 3.36. The van der Waals surface area contributed by atoms with E-state index in [0.717, 1.165) is 10.9 Å². The molecule has 0 radical (unpaired) electrons. The first-order valence-corrected chi connectivity index (χ1v) is 6.00. The Hall–Kier alpha value is -0.820. The quantitative estimate of drug-likeness (QED) is 0.440. The Morgan fingerprint density at radius 1 is 1.13 bits per heavy atom. The highest BCUT2D eigenvalue weighted by atomic mass is 15.3. The summed E-state index contributed by atoms with van der Waals surface area (Å²) in [5.41, 5.74) is 1.51. The minimum Gasteiger partial charge on any atom is -0.295 e. The van der Waals surface area contributed by atoms with E-state index in [-0.39, 0.29) is 0 Å². The predicted molar refractivity (Wildman–Crippen MR) is 69.6 cm³/mol. The van der Waals surface area contributed by atoms with Gasteiger partial charge in [0.25, 0.3) is 0 Å². The number of hydrogen-bond acceptors (Lipinski definition) is 0. The Kier molecular flexibility index (Phi) is 7.06. The summed E-state index contributed by atoms with van der Waals surface area (Å²) in [4.78, 5) is 0. The minimum atomic E-state index is 1.04. The van der Waals surface area contributed by atoms with Gasteiger partial charge in [0.05, 0.1) is 19.6 Å². The molecule has 0 N–H and O–H groups in total. The van der Waals surface area contributed by atoms with Crippen LogP contribution in [0.1, 0.15) is 34.1 Å². The van der Waals surface area contributed by atoms with E-state index >= 15 is 0 Å². The second-order valence-corrected chi connectivity index (χ2v) is 3.74. The van der Waals surface area contributed by atoms with E-state index < -0.39 is 0 Å². The lowest BCUT2D eigenvalue weighted by atomic mass is 10.2. The molecule has 0 atom stereocenters. The van der Waals surface area contributed by atoms with Gasteiger partial charge in [0.15, 0.2) is 0 Å². The monoisotopic (exact) mass is 208 g/mol. The zero-order chi connectivity index (χ0) is 11.7. The highest BCUT2D eigenvalue weighted by Gasteiger charge is 2.25. The van der Waals surface area contributed by atoms with Crippen LogP contribution in [0.4, 0.5) is 0 Å². The van der Waals surface area contributed by atoms with Crippen molar-refractivity contribution in [3.63, 3.8) is 0 Å². The maximum Gasteiger partial charge on any atom is 0.108 e. The number of hydrogen-bond donors (Lipinski definition) is 0. The predicted octanol–water partition coefficient (Wildman–Crippen LogP) is 3.90. The highest BCUT2D eigenvalue weighted by Crippen LogP contribution is 2.20. The van der Waals surface area contributed by atoms with Gasteiger partial charge in [0.2, 0.25) is 0 Å². The van der Waals surface area contributed by atoms with Gasteiger partial charge in [-0.05, 0) is 33.8 Å². The summed E-state index contributed by atoms with van der Waals surface area (Å²) in [5, 5.41) is 0. The van der Waals surface area contributed by atoms with Crippen molar-refractivity contribution in [1.29, 1.82) is 0 Å². The first-order chi connectivity index (χ1) is 7.20. The van der Waals surface area contributed by atoms with Gasteiger partial charge < -0.3 is 0 Å². The van der Waals surface area contributed by atoms with Crippen molar-refractivity contribution in [1.82, 2.24) is 0 Å². The van der Waals surface area contributed by atoms with Crippen molar-refractivity contribution in [3.05, 3.63) is 36.6 Å². The van der Waals surface area contributed by atoms with E-state index in [1.807, 2.05) is 12.2 Å². The van der Waals surface area contributed by atoms with Crippen molar-refractivity contribution in [3.8, 4) is 0 Å². The third-order valence-corrected chi connectivity index (χ3v) is 3.36. The topological polar surface area (TPSA) is 0 Å². The molecule has 0 aliphatic heterocycles. The maximum atomic E-state index is 3.69. The van der Waals surface area contributed by atoms with E-state index in [0.29, 0.717) is 0 Å². The molecule has 0 spiro atoms. The molecule has 0 saturated heterocycles. The van der Waals surface area contributed by atoms with Crippen LogP contribution >= 0.6 is 0 Å². The van der Waals surface area contributed by atoms with Crippen LogP contribution < -0.4 is 0 Å². The van der Waals surface area contributed by atoms with Crippen LogP contribution in [0.2, 0.25) is 0 Å². The van der Waals surface area contributed by atoms with Gasteiger partial charge in [-0.25, -0.2) is 0 Å². The molecule has 0 aromatic rings. The first-order valence-electron chi connectivity index (χ1n) is 6.00. The molecule has 0 amide bonds. The molecule has 1 heteroatoms. The van der Waals surface area contributed by atoms with E-state index in [9.17, 15) is 0 Å². The van der Waals surface area contributed by atoms with Crippen molar-refractivity contribution in [2.45, 2.75) is 34.1 Å². The Morgan fingerprint density at radius 3 is 2.00 bits per heavy atom. The Morgan fingerprint density at radius 2 is 1.67 bits per heavy atom. The second kappa shape index (κ2) is 7.47. The van der Waals surface area contributed by atoms with Gasteiger partial charge in [-0.15, -0.1) is 0 Å². The number of allylic oxidation sites excluding steroid dienone is 4. The van der Waals surface area contributed by atoms with E-state index in [4.69, 9.17) is 0 Å². The normalized spacial score (nSPS) is 13.5. The lowest BCUT2D eigenvalue weighted by Crippen LogP contribution is -2.46. The number of nitrogens with zero attached hydrogens (tertiary/aromatic N) is 1. The molecule has 86 valence electrons. The van der Waals surface area contributed by atoms with Crippen LogP contribution in [0, 0.1) is 0 Å². The summed E-state index contributed by atoms with van der Waals surface area (Å²) in [7, 11) is 0. The zero-order valence-corrected chi connectivity index (χ0v) is 10.8. The fourth-order valence-corrected chi connectivity index (χ4v) is 2.15. The van der Waals surface area contributed by atoms with Crippen molar-refractivity contribution >= 4 is 0 Å². The van der Waals surface area contributed by atoms with Gasteiger partial charge in [-0.2, -0.15) is 0 Å². The molecular weight excluding hydrogens is 182 g/mol. The molecule has 0 rings (SSSR count). The molecule has 0 fully saturated rings. The van der Waals surface area contributed by atoms with Gasteiger partial charge in [0.1, 0.15) is 5.70 Å². The van der Waals surface area contributed by atoms with Crippen LogP contribution in [0.5, 0.6) is 0 Å². The summed E-state index contributed by atoms with van der Waals surface area (Å²) < 4.78 is 1.11. The number of rotatable bonds is 7. The fourth-order valence-electron chi connectivity index (χ4n) is 2.15. The molecule has 0 aromatic carbocycles.